The maximum absolute atomic E-state index is 12.4. The number of methoxy groups -OCH3 is 1. The maximum Gasteiger partial charge on any atom is 0.297 e. The third-order valence-electron chi connectivity index (χ3n) is 2.92. The Labute approximate surface area is 128 Å². The molecular formula is C13H12N4O2S2. The standard InChI is InChI=1S/C13H12N4O2S2/c1-19-9-5-3-4-8(6-9)7-10-11(18)17-12(15-14-10)21-13(16-17)20-2/h3-6H,7H2,1-2H3. The highest BCUT2D eigenvalue weighted by atomic mass is 32.2. The zero-order chi connectivity index (χ0) is 14.8. The molecule has 21 heavy (non-hydrogen) atoms. The SMILES string of the molecule is COc1cccc(Cc2nnc3sc(SC)nn3c2=O)c1. The second-order valence-electron chi connectivity index (χ2n) is 4.25. The van der Waals surface area contributed by atoms with Crippen molar-refractivity contribution in [2.45, 2.75) is 10.8 Å². The van der Waals surface area contributed by atoms with Gasteiger partial charge in [-0.1, -0.05) is 35.2 Å². The largest absolute Gasteiger partial charge is 0.497 e. The molecule has 0 atom stereocenters. The van der Waals surface area contributed by atoms with Gasteiger partial charge in [-0.3, -0.25) is 4.79 Å². The molecule has 108 valence electrons. The lowest BCUT2D eigenvalue weighted by Crippen LogP contribution is -2.22. The van der Waals surface area contributed by atoms with E-state index in [0.29, 0.717) is 17.1 Å². The van der Waals surface area contributed by atoms with Crippen molar-refractivity contribution < 1.29 is 4.74 Å². The smallest absolute Gasteiger partial charge is 0.297 e. The Morgan fingerprint density at radius 2 is 2.24 bits per heavy atom. The summed E-state index contributed by atoms with van der Waals surface area (Å²) in [5.74, 6) is 0.750. The molecule has 0 aliphatic heterocycles. The summed E-state index contributed by atoms with van der Waals surface area (Å²) < 4.78 is 7.29. The van der Waals surface area contributed by atoms with E-state index in [1.165, 1.54) is 27.6 Å². The van der Waals surface area contributed by atoms with Gasteiger partial charge in [0.05, 0.1) is 7.11 Å². The van der Waals surface area contributed by atoms with Crippen LogP contribution >= 0.6 is 23.1 Å². The summed E-state index contributed by atoms with van der Waals surface area (Å²) in [5.41, 5.74) is 1.10. The first-order valence-corrected chi connectivity index (χ1v) is 8.17. The summed E-state index contributed by atoms with van der Waals surface area (Å²) >= 11 is 2.84. The second-order valence-corrected chi connectivity index (χ2v) is 6.26. The first kappa shape index (κ1) is 14.0. The lowest BCUT2D eigenvalue weighted by atomic mass is 10.1. The van der Waals surface area contributed by atoms with Crippen molar-refractivity contribution in [3.8, 4) is 5.75 Å². The van der Waals surface area contributed by atoms with E-state index in [-0.39, 0.29) is 5.56 Å². The van der Waals surface area contributed by atoms with E-state index < -0.39 is 0 Å². The molecule has 6 nitrogen and oxygen atoms in total. The molecule has 0 amide bonds. The van der Waals surface area contributed by atoms with E-state index in [4.69, 9.17) is 4.74 Å². The molecule has 1 aromatic carbocycles. The van der Waals surface area contributed by atoms with Crippen LogP contribution in [0.3, 0.4) is 0 Å². The van der Waals surface area contributed by atoms with Gasteiger partial charge in [-0.25, -0.2) is 0 Å². The van der Waals surface area contributed by atoms with Crippen molar-refractivity contribution in [1.29, 1.82) is 0 Å². The van der Waals surface area contributed by atoms with Gasteiger partial charge in [0.25, 0.3) is 5.56 Å². The predicted molar refractivity (Wildman–Crippen MR) is 82.5 cm³/mol. The van der Waals surface area contributed by atoms with Gasteiger partial charge < -0.3 is 4.74 Å². The van der Waals surface area contributed by atoms with Crippen LogP contribution in [0.5, 0.6) is 5.75 Å². The monoisotopic (exact) mass is 320 g/mol. The number of hydrogen-bond acceptors (Lipinski definition) is 7. The molecule has 0 saturated carbocycles. The van der Waals surface area contributed by atoms with Gasteiger partial charge in [-0.15, -0.1) is 15.3 Å². The third-order valence-corrected chi connectivity index (χ3v) is 4.79. The van der Waals surface area contributed by atoms with E-state index >= 15 is 0 Å². The average molecular weight is 320 g/mol. The fourth-order valence-corrected chi connectivity index (χ4v) is 3.19. The second kappa shape index (κ2) is 5.82. The number of hydrogen-bond donors (Lipinski definition) is 0. The van der Waals surface area contributed by atoms with Crippen LogP contribution in [0.4, 0.5) is 0 Å². The summed E-state index contributed by atoms with van der Waals surface area (Å²) in [6.07, 6.45) is 2.31. The van der Waals surface area contributed by atoms with E-state index in [2.05, 4.69) is 15.3 Å². The molecule has 3 aromatic rings. The minimum Gasteiger partial charge on any atom is -0.497 e. The highest BCUT2D eigenvalue weighted by Crippen LogP contribution is 2.20. The van der Waals surface area contributed by atoms with Crippen LogP contribution < -0.4 is 10.3 Å². The molecule has 3 rings (SSSR count). The van der Waals surface area contributed by atoms with Crippen molar-refractivity contribution >= 4 is 28.1 Å². The first-order valence-electron chi connectivity index (χ1n) is 6.13. The Morgan fingerprint density at radius 3 is 3.00 bits per heavy atom. The number of fused-ring (bicyclic) bond motifs is 1. The molecular weight excluding hydrogens is 308 g/mol. The first-order chi connectivity index (χ1) is 10.2. The van der Waals surface area contributed by atoms with Gasteiger partial charge in [-0.05, 0) is 24.0 Å². The molecule has 2 aromatic heterocycles. The van der Waals surface area contributed by atoms with E-state index in [0.717, 1.165) is 15.7 Å². The Hall–Kier alpha value is -1.93. The van der Waals surface area contributed by atoms with Crippen molar-refractivity contribution in [3.05, 3.63) is 45.9 Å². The Bertz CT molecular complexity index is 844. The Morgan fingerprint density at radius 1 is 1.38 bits per heavy atom. The summed E-state index contributed by atoms with van der Waals surface area (Å²) in [6.45, 7) is 0. The van der Waals surface area contributed by atoms with E-state index in [1.807, 2.05) is 30.5 Å². The van der Waals surface area contributed by atoms with Crippen LogP contribution in [0.15, 0.2) is 33.4 Å². The van der Waals surface area contributed by atoms with Gasteiger partial charge in [0, 0.05) is 6.42 Å². The number of aromatic nitrogens is 4. The number of thioether (sulfide) groups is 1. The predicted octanol–water partition coefficient (Wildman–Crippen LogP) is 1.87. The number of benzene rings is 1. The molecule has 2 heterocycles. The zero-order valence-corrected chi connectivity index (χ0v) is 13.1. The molecule has 0 fully saturated rings. The van der Waals surface area contributed by atoms with Crippen molar-refractivity contribution in [2.75, 3.05) is 13.4 Å². The fourth-order valence-electron chi connectivity index (χ4n) is 1.90. The number of rotatable bonds is 4. The molecule has 8 heteroatoms. The molecule has 0 bridgehead atoms. The fraction of sp³-hybridized carbons (Fsp3) is 0.231. The Kier molecular flexibility index (Phi) is 3.89. The molecule has 0 saturated heterocycles. The quantitative estimate of drug-likeness (QED) is 0.684. The third kappa shape index (κ3) is 2.77. The Balaban J connectivity index is 2.00. The van der Waals surface area contributed by atoms with E-state index in [9.17, 15) is 4.79 Å². The zero-order valence-electron chi connectivity index (χ0n) is 11.4. The minimum atomic E-state index is -0.223. The highest BCUT2D eigenvalue weighted by Gasteiger charge is 2.12. The lowest BCUT2D eigenvalue weighted by molar-refractivity contribution is 0.414. The highest BCUT2D eigenvalue weighted by molar-refractivity contribution is 8.00. The van der Waals surface area contributed by atoms with E-state index in [1.54, 1.807) is 7.11 Å². The topological polar surface area (TPSA) is 69.4 Å². The molecule has 0 aliphatic carbocycles. The molecule has 0 N–H and O–H groups in total. The lowest BCUT2D eigenvalue weighted by Gasteiger charge is -2.03. The molecule has 0 spiro atoms. The molecule has 0 radical (unpaired) electrons. The van der Waals surface area contributed by atoms with Gasteiger partial charge in [-0.2, -0.15) is 4.52 Å². The van der Waals surface area contributed by atoms with Crippen LogP contribution in [-0.4, -0.2) is 33.2 Å². The normalized spacial score (nSPS) is 11.0. The molecule has 0 aliphatic rings. The van der Waals surface area contributed by atoms with Gasteiger partial charge in [0.2, 0.25) is 4.96 Å². The van der Waals surface area contributed by atoms with Crippen molar-refractivity contribution in [1.82, 2.24) is 19.8 Å². The summed E-state index contributed by atoms with van der Waals surface area (Å²) in [4.78, 5) is 12.9. The number of ether oxygens (including phenoxy) is 1. The summed E-state index contributed by atoms with van der Waals surface area (Å²) in [5, 5.41) is 12.3. The van der Waals surface area contributed by atoms with Gasteiger partial charge in [0.1, 0.15) is 11.4 Å². The summed E-state index contributed by atoms with van der Waals surface area (Å²) in [7, 11) is 1.61. The van der Waals surface area contributed by atoms with Crippen LogP contribution in [0.1, 0.15) is 11.3 Å². The molecule has 0 unspecified atom stereocenters. The minimum absolute atomic E-state index is 0.223. The van der Waals surface area contributed by atoms with Crippen molar-refractivity contribution in [3.63, 3.8) is 0 Å². The van der Waals surface area contributed by atoms with Crippen molar-refractivity contribution in [2.24, 2.45) is 0 Å². The van der Waals surface area contributed by atoms with Gasteiger partial charge >= 0.3 is 0 Å². The number of nitrogens with zero attached hydrogens (tertiary/aromatic N) is 4. The van der Waals surface area contributed by atoms with Crippen LogP contribution in [0.25, 0.3) is 4.96 Å². The van der Waals surface area contributed by atoms with Gasteiger partial charge in [0.15, 0.2) is 4.34 Å². The summed E-state index contributed by atoms with van der Waals surface area (Å²) in [6, 6.07) is 7.54. The average Bonchev–Trinajstić information content (AvgIpc) is 2.94. The maximum atomic E-state index is 12.4. The van der Waals surface area contributed by atoms with Crippen LogP contribution in [0, 0.1) is 0 Å². The van der Waals surface area contributed by atoms with Crippen LogP contribution in [0.2, 0.25) is 0 Å². The van der Waals surface area contributed by atoms with Crippen LogP contribution in [-0.2, 0) is 6.42 Å².